The molecule has 0 spiro atoms. The molecule has 0 saturated heterocycles. The average molecular weight is 321 g/mol. The molecule has 2 aliphatic rings. The summed E-state index contributed by atoms with van der Waals surface area (Å²) in [5.41, 5.74) is 1.04. The van der Waals surface area contributed by atoms with Crippen LogP contribution in [0.15, 0.2) is 41.3 Å². The number of rotatable bonds is 5. The Morgan fingerprint density at radius 2 is 1.91 bits per heavy atom. The molecule has 0 amide bonds. The van der Waals surface area contributed by atoms with E-state index in [1.54, 1.807) is 24.3 Å². The normalized spacial score (nSPS) is 25.1. The molecule has 2 atom stereocenters. The number of nitrogens with one attached hydrogen (secondary N) is 1. The van der Waals surface area contributed by atoms with Crippen molar-refractivity contribution in [3.63, 3.8) is 0 Å². The molecule has 1 aromatic rings. The van der Waals surface area contributed by atoms with Crippen molar-refractivity contribution in [2.24, 2.45) is 5.92 Å². The number of carboxylic acids is 1. The van der Waals surface area contributed by atoms with Gasteiger partial charge in [-0.1, -0.05) is 24.3 Å². The van der Waals surface area contributed by atoms with Gasteiger partial charge in [0.05, 0.1) is 10.8 Å². The van der Waals surface area contributed by atoms with E-state index in [0.717, 1.165) is 18.4 Å². The summed E-state index contributed by atoms with van der Waals surface area (Å²) >= 11 is 0. The van der Waals surface area contributed by atoms with Crippen molar-refractivity contribution in [1.29, 1.82) is 0 Å². The second-order valence-electron chi connectivity index (χ2n) is 5.96. The Balaban J connectivity index is 1.82. The SMILES string of the molecule is O=C(O)[C@@H]1CC=CC[C@@H]1NS(=O)(=O)c1cccc(C2CC2)c1. The van der Waals surface area contributed by atoms with Gasteiger partial charge in [-0.05, 0) is 49.3 Å². The third-order valence-electron chi connectivity index (χ3n) is 4.27. The van der Waals surface area contributed by atoms with E-state index in [1.165, 1.54) is 0 Å². The zero-order valence-electron chi connectivity index (χ0n) is 12.1. The highest BCUT2D eigenvalue weighted by molar-refractivity contribution is 7.89. The first kappa shape index (κ1) is 15.2. The Morgan fingerprint density at radius 3 is 2.59 bits per heavy atom. The van der Waals surface area contributed by atoms with Gasteiger partial charge in [-0.2, -0.15) is 0 Å². The minimum Gasteiger partial charge on any atom is -0.481 e. The first-order chi connectivity index (χ1) is 10.5. The Hall–Kier alpha value is -1.66. The summed E-state index contributed by atoms with van der Waals surface area (Å²) in [4.78, 5) is 11.5. The van der Waals surface area contributed by atoms with Gasteiger partial charge in [-0.25, -0.2) is 13.1 Å². The topological polar surface area (TPSA) is 83.5 Å². The summed E-state index contributed by atoms with van der Waals surface area (Å²) in [6.45, 7) is 0. The molecular formula is C16H19NO4S. The molecule has 0 bridgehead atoms. The van der Waals surface area contributed by atoms with Crippen LogP contribution in [-0.4, -0.2) is 25.5 Å². The number of aliphatic carboxylic acids is 1. The van der Waals surface area contributed by atoms with Crippen LogP contribution in [0, 0.1) is 5.92 Å². The molecule has 0 heterocycles. The lowest BCUT2D eigenvalue weighted by Gasteiger charge is -2.26. The first-order valence-electron chi connectivity index (χ1n) is 7.47. The standard InChI is InChI=1S/C16H19NO4S/c18-16(19)14-6-1-2-7-15(14)17-22(20,21)13-5-3-4-12(10-13)11-8-9-11/h1-5,10-11,14-15,17H,6-9H2,(H,18,19)/t14-,15+/m1/s1. The van der Waals surface area contributed by atoms with Crippen molar-refractivity contribution in [3.05, 3.63) is 42.0 Å². The van der Waals surface area contributed by atoms with E-state index < -0.39 is 28.0 Å². The van der Waals surface area contributed by atoms with E-state index >= 15 is 0 Å². The Kier molecular flexibility index (Phi) is 4.06. The van der Waals surface area contributed by atoms with E-state index in [2.05, 4.69) is 4.72 Å². The van der Waals surface area contributed by atoms with Gasteiger partial charge in [-0.3, -0.25) is 4.79 Å². The van der Waals surface area contributed by atoms with Crippen molar-refractivity contribution in [2.45, 2.75) is 42.5 Å². The van der Waals surface area contributed by atoms with Gasteiger partial charge < -0.3 is 5.11 Å². The fourth-order valence-corrected chi connectivity index (χ4v) is 4.18. The number of benzene rings is 1. The third kappa shape index (κ3) is 3.23. The Morgan fingerprint density at radius 1 is 1.18 bits per heavy atom. The molecule has 0 aromatic heterocycles. The predicted molar refractivity (Wildman–Crippen MR) is 82.0 cm³/mol. The second-order valence-corrected chi connectivity index (χ2v) is 7.68. The molecule has 2 N–H and O–H groups in total. The Labute approximate surface area is 130 Å². The molecule has 2 aliphatic carbocycles. The van der Waals surface area contributed by atoms with Crippen molar-refractivity contribution in [3.8, 4) is 0 Å². The van der Waals surface area contributed by atoms with Crippen LogP contribution in [-0.2, 0) is 14.8 Å². The van der Waals surface area contributed by atoms with Gasteiger partial charge in [0.15, 0.2) is 0 Å². The van der Waals surface area contributed by atoms with Crippen LogP contribution >= 0.6 is 0 Å². The van der Waals surface area contributed by atoms with Gasteiger partial charge >= 0.3 is 5.97 Å². The molecular weight excluding hydrogens is 302 g/mol. The number of hydrogen-bond donors (Lipinski definition) is 2. The van der Waals surface area contributed by atoms with E-state index in [1.807, 2.05) is 12.1 Å². The highest BCUT2D eigenvalue weighted by Gasteiger charge is 2.32. The first-order valence-corrected chi connectivity index (χ1v) is 8.96. The Bertz CT molecular complexity index is 707. The highest BCUT2D eigenvalue weighted by atomic mass is 32.2. The molecule has 0 radical (unpaired) electrons. The van der Waals surface area contributed by atoms with Gasteiger partial charge in [0.2, 0.25) is 10.0 Å². The van der Waals surface area contributed by atoms with Crippen LogP contribution in [0.2, 0.25) is 0 Å². The summed E-state index contributed by atoms with van der Waals surface area (Å²) in [7, 11) is -3.70. The fourth-order valence-electron chi connectivity index (χ4n) is 2.84. The lowest BCUT2D eigenvalue weighted by Crippen LogP contribution is -2.44. The molecule has 3 rings (SSSR count). The molecule has 1 fully saturated rings. The molecule has 0 unspecified atom stereocenters. The third-order valence-corrected chi connectivity index (χ3v) is 5.76. The van der Waals surface area contributed by atoms with E-state index in [-0.39, 0.29) is 4.90 Å². The van der Waals surface area contributed by atoms with Crippen molar-refractivity contribution in [2.75, 3.05) is 0 Å². The largest absolute Gasteiger partial charge is 0.481 e. The number of carbonyl (C=O) groups is 1. The highest BCUT2D eigenvalue weighted by Crippen LogP contribution is 2.40. The van der Waals surface area contributed by atoms with Gasteiger partial charge in [0.1, 0.15) is 0 Å². The minimum absolute atomic E-state index is 0.218. The smallest absolute Gasteiger partial charge is 0.308 e. The zero-order valence-corrected chi connectivity index (χ0v) is 12.9. The van der Waals surface area contributed by atoms with Gasteiger partial charge in [0.25, 0.3) is 0 Å². The van der Waals surface area contributed by atoms with E-state index in [9.17, 15) is 18.3 Å². The fraction of sp³-hybridized carbons (Fsp3) is 0.438. The molecule has 1 aromatic carbocycles. The van der Waals surface area contributed by atoms with Crippen LogP contribution in [0.4, 0.5) is 0 Å². The zero-order chi connectivity index (χ0) is 15.7. The van der Waals surface area contributed by atoms with Crippen LogP contribution in [0.5, 0.6) is 0 Å². The summed E-state index contributed by atoms with van der Waals surface area (Å²) in [6.07, 6.45) is 6.57. The van der Waals surface area contributed by atoms with E-state index in [0.29, 0.717) is 18.8 Å². The predicted octanol–water partition coefficient (Wildman–Crippen LogP) is 2.26. The average Bonchev–Trinajstić information content (AvgIpc) is 3.32. The lowest BCUT2D eigenvalue weighted by atomic mass is 9.90. The van der Waals surface area contributed by atoms with Gasteiger partial charge in [-0.15, -0.1) is 0 Å². The summed E-state index contributed by atoms with van der Waals surface area (Å²) in [5, 5.41) is 9.23. The molecule has 1 saturated carbocycles. The second kappa shape index (κ2) is 5.85. The summed E-state index contributed by atoms with van der Waals surface area (Å²) in [6, 6.07) is 6.35. The van der Waals surface area contributed by atoms with Crippen LogP contribution in [0.3, 0.4) is 0 Å². The van der Waals surface area contributed by atoms with Crippen LogP contribution in [0.1, 0.15) is 37.2 Å². The maximum Gasteiger partial charge on any atom is 0.308 e. The summed E-state index contributed by atoms with van der Waals surface area (Å²) in [5.74, 6) is -1.21. The van der Waals surface area contributed by atoms with Gasteiger partial charge in [0, 0.05) is 6.04 Å². The van der Waals surface area contributed by atoms with E-state index in [4.69, 9.17) is 0 Å². The maximum atomic E-state index is 12.5. The lowest BCUT2D eigenvalue weighted by molar-refractivity contribution is -0.142. The maximum absolute atomic E-state index is 12.5. The quantitative estimate of drug-likeness (QED) is 0.815. The van der Waals surface area contributed by atoms with Crippen molar-refractivity contribution in [1.82, 2.24) is 4.72 Å². The van der Waals surface area contributed by atoms with Crippen molar-refractivity contribution >= 4 is 16.0 Å². The molecule has 22 heavy (non-hydrogen) atoms. The molecule has 0 aliphatic heterocycles. The number of sulfonamides is 1. The van der Waals surface area contributed by atoms with Crippen molar-refractivity contribution < 1.29 is 18.3 Å². The van der Waals surface area contributed by atoms with Crippen LogP contribution < -0.4 is 4.72 Å². The van der Waals surface area contributed by atoms with Crippen LogP contribution in [0.25, 0.3) is 0 Å². The molecule has 5 nitrogen and oxygen atoms in total. The number of hydrogen-bond acceptors (Lipinski definition) is 3. The molecule has 6 heteroatoms. The number of allylic oxidation sites excluding steroid dienone is 1. The molecule has 118 valence electrons. The minimum atomic E-state index is -3.70. The number of carboxylic acid groups (broad SMARTS) is 1. The monoisotopic (exact) mass is 321 g/mol. The summed E-state index contributed by atoms with van der Waals surface area (Å²) < 4.78 is 27.6.